The summed E-state index contributed by atoms with van der Waals surface area (Å²) in [6.07, 6.45) is 2.70. The van der Waals surface area contributed by atoms with Gasteiger partial charge >= 0.3 is 0 Å². The SMILES string of the molecule is CCC1CNC(C(C)C)CC1C. The topological polar surface area (TPSA) is 12.0 Å². The molecule has 3 atom stereocenters. The Hall–Kier alpha value is -0.0400. The summed E-state index contributed by atoms with van der Waals surface area (Å²) < 4.78 is 0. The monoisotopic (exact) mass is 169 g/mol. The van der Waals surface area contributed by atoms with Crippen molar-refractivity contribution in [2.75, 3.05) is 6.54 Å². The summed E-state index contributed by atoms with van der Waals surface area (Å²) in [4.78, 5) is 0. The van der Waals surface area contributed by atoms with E-state index >= 15 is 0 Å². The Labute approximate surface area is 76.9 Å². The fraction of sp³-hybridized carbons (Fsp3) is 1.00. The smallest absolute Gasteiger partial charge is 0.00928 e. The molecule has 0 radical (unpaired) electrons. The number of hydrogen-bond donors (Lipinski definition) is 1. The van der Waals surface area contributed by atoms with Crippen molar-refractivity contribution in [1.82, 2.24) is 5.32 Å². The second-order valence-electron chi connectivity index (χ2n) is 4.64. The minimum absolute atomic E-state index is 0.766. The first kappa shape index (κ1) is 10.0. The molecule has 1 N–H and O–H groups in total. The van der Waals surface area contributed by atoms with Crippen molar-refractivity contribution in [3.05, 3.63) is 0 Å². The molecule has 1 saturated heterocycles. The van der Waals surface area contributed by atoms with Crippen LogP contribution < -0.4 is 5.32 Å². The van der Waals surface area contributed by atoms with Gasteiger partial charge in [0.1, 0.15) is 0 Å². The third-order valence-corrected chi connectivity index (χ3v) is 3.40. The normalized spacial score (nSPS) is 37.2. The molecule has 0 aromatic rings. The molecule has 0 aliphatic carbocycles. The van der Waals surface area contributed by atoms with E-state index in [4.69, 9.17) is 0 Å². The lowest BCUT2D eigenvalue weighted by atomic mass is 9.80. The minimum atomic E-state index is 0.766. The van der Waals surface area contributed by atoms with Crippen LogP contribution in [-0.2, 0) is 0 Å². The fourth-order valence-electron chi connectivity index (χ4n) is 2.23. The van der Waals surface area contributed by atoms with Crippen LogP contribution in [0.3, 0.4) is 0 Å². The Bertz CT molecular complexity index is 131. The number of rotatable bonds is 2. The predicted octanol–water partition coefficient (Wildman–Crippen LogP) is 2.67. The summed E-state index contributed by atoms with van der Waals surface area (Å²) >= 11 is 0. The van der Waals surface area contributed by atoms with Gasteiger partial charge in [0.05, 0.1) is 0 Å². The molecule has 1 aliphatic heterocycles. The molecular formula is C11H23N. The first-order valence-electron chi connectivity index (χ1n) is 5.38. The van der Waals surface area contributed by atoms with Gasteiger partial charge in [-0.1, -0.05) is 34.1 Å². The minimum Gasteiger partial charge on any atom is -0.313 e. The van der Waals surface area contributed by atoms with Crippen LogP contribution in [0.2, 0.25) is 0 Å². The molecule has 0 bridgehead atoms. The summed E-state index contributed by atoms with van der Waals surface area (Å²) in [7, 11) is 0. The van der Waals surface area contributed by atoms with Crippen LogP contribution in [0.4, 0.5) is 0 Å². The van der Waals surface area contributed by atoms with E-state index in [9.17, 15) is 0 Å². The van der Waals surface area contributed by atoms with E-state index in [1.807, 2.05) is 0 Å². The molecule has 1 heterocycles. The molecule has 1 aliphatic rings. The Kier molecular flexibility index (Phi) is 3.57. The lowest BCUT2D eigenvalue weighted by Crippen LogP contribution is -2.45. The molecule has 1 nitrogen and oxygen atoms in total. The van der Waals surface area contributed by atoms with Crippen LogP contribution in [0.1, 0.15) is 40.5 Å². The molecule has 1 rings (SSSR count). The van der Waals surface area contributed by atoms with Crippen molar-refractivity contribution < 1.29 is 0 Å². The predicted molar refractivity (Wildman–Crippen MR) is 54.2 cm³/mol. The number of piperidine rings is 1. The van der Waals surface area contributed by atoms with Crippen LogP contribution >= 0.6 is 0 Å². The molecule has 0 aromatic heterocycles. The highest BCUT2D eigenvalue weighted by molar-refractivity contribution is 4.83. The van der Waals surface area contributed by atoms with Crippen LogP contribution in [0.5, 0.6) is 0 Å². The lowest BCUT2D eigenvalue weighted by molar-refractivity contribution is 0.191. The molecule has 0 amide bonds. The summed E-state index contributed by atoms with van der Waals surface area (Å²) in [6.45, 7) is 10.6. The van der Waals surface area contributed by atoms with Crippen LogP contribution in [0.25, 0.3) is 0 Å². The zero-order chi connectivity index (χ0) is 9.14. The van der Waals surface area contributed by atoms with Crippen molar-refractivity contribution in [1.29, 1.82) is 0 Å². The average Bonchev–Trinajstić information content (AvgIpc) is 2.04. The summed E-state index contributed by atoms with van der Waals surface area (Å²) in [5.74, 6) is 2.63. The molecule has 0 aromatic carbocycles. The van der Waals surface area contributed by atoms with Crippen molar-refractivity contribution in [2.24, 2.45) is 17.8 Å². The largest absolute Gasteiger partial charge is 0.313 e. The molecule has 1 heteroatoms. The van der Waals surface area contributed by atoms with Crippen LogP contribution in [0.15, 0.2) is 0 Å². The van der Waals surface area contributed by atoms with E-state index in [0.29, 0.717) is 0 Å². The third kappa shape index (κ3) is 2.22. The number of hydrogen-bond acceptors (Lipinski definition) is 1. The highest BCUT2D eigenvalue weighted by Crippen LogP contribution is 2.26. The van der Waals surface area contributed by atoms with Crippen molar-refractivity contribution in [3.63, 3.8) is 0 Å². The Morgan fingerprint density at radius 3 is 2.50 bits per heavy atom. The highest BCUT2D eigenvalue weighted by Gasteiger charge is 2.26. The van der Waals surface area contributed by atoms with Gasteiger partial charge in [-0.3, -0.25) is 0 Å². The Balaban J connectivity index is 2.40. The summed E-state index contributed by atoms with van der Waals surface area (Å²) in [5.41, 5.74) is 0. The molecular weight excluding hydrogens is 146 g/mol. The van der Waals surface area contributed by atoms with E-state index in [-0.39, 0.29) is 0 Å². The van der Waals surface area contributed by atoms with Crippen LogP contribution in [0, 0.1) is 17.8 Å². The van der Waals surface area contributed by atoms with Gasteiger partial charge in [-0.15, -0.1) is 0 Å². The van der Waals surface area contributed by atoms with E-state index in [2.05, 4.69) is 33.0 Å². The van der Waals surface area contributed by atoms with E-state index in [1.165, 1.54) is 19.4 Å². The van der Waals surface area contributed by atoms with Gasteiger partial charge in [-0.05, 0) is 30.7 Å². The molecule has 72 valence electrons. The maximum atomic E-state index is 3.65. The Morgan fingerprint density at radius 2 is 2.08 bits per heavy atom. The second kappa shape index (κ2) is 4.27. The van der Waals surface area contributed by atoms with Gasteiger partial charge in [0.15, 0.2) is 0 Å². The van der Waals surface area contributed by atoms with Crippen molar-refractivity contribution >= 4 is 0 Å². The van der Waals surface area contributed by atoms with Gasteiger partial charge in [-0.25, -0.2) is 0 Å². The first-order valence-corrected chi connectivity index (χ1v) is 5.38. The quantitative estimate of drug-likeness (QED) is 0.670. The standard InChI is InChI=1S/C11H23N/c1-5-10-7-12-11(8(2)3)6-9(10)4/h8-12H,5-7H2,1-4H3. The molecule has 12 heavy (non-hydrogen) atoms. The molecule has 1 fully saturated rings. The van der Waals surface area contributed by atoms with Gasteiger partial charge in [-0.2, -0.15) is 0 Å². The first-order chi connectivity index (χ1) is 5.65. The third-order valence-electron chi connectivity index (χ3n) is 3.40. The fourth-order valence-corrected chi connectivity index (χ4v) is 2.23. The molecule has 3 unspecified atom stereocenters. The van der Waals surface area contributed by atoms with Crippen LogP contribution in [-0.4, -0.2) is 12.6 Å². The van der Waals surface area contributed by atoms with E-state index < -0.39 is 0 Å². The zero-order valence-electron chi connectivity index (χ0n) is 8.93. The molecule has 0 spiro atoms. The molecule has 0 saturated carbocycles. The second-order valence-corrected chi connectivity index (χ2v) is 4.64. The van der Waals surface area contributed by atoms with Gasteiger partial charge in [0.2, 0.25) is 0 Å². The Morgan fingerprint density at radius 1 is 1.42 bits per heavy atom. The number of nitrogens with one attached hydrogen (secondary N) is 1. The van der Waals surface area contributed by atoms with Gasteiger partial charge in [0.25, 0.3) is 0 Å². The summed E-state index contributed by atoms with van der Waals surface area (Å²) in [6, 6.07) is 0.766. The maximum Gasteiger partial charge on any atom is 0.00928 e. The lowest BCUT2D eigenvalue weighted by Gasteiger charge is -2.36. The summed E-state index contributed by atoms with van der Waals surface area (Å²) in [5, 5.41) is 3.65. The van der Waals surface area contributed by atoms with E-state index in [1.54, 1.807) is 0 Å². The zero-order valence-corrected chi connectivity index (χ0v) is 8.93. The highest BCUT2D eigenvalue weighted by atomic mass is 14.9. The van der Waals surface area contributed by atoms with Gasteiger partial charge in [0, 0.05) is 6.04 Å². The average molecular weight is 169 g/mol. The maximum absolute atomic E-state index is 3.65. The van der Waals surface area contributed by atoms with Crippen molar-refractivity contribution in [2.45, 2.75) is 46.6 Å². The van der Waals surface area contributed by atoms with Gasteiger partial charge < -0.3 is 5.32 Å². The van der Waals surface area contributed by atoms with E-state index in [0.717, 1.165) is 23.8 Å². The van der Waals surface area contributed by atoms with Crippen molar-refractivity contribution in [3.8, 4) is 0 Å².